The predicted molar refractivity (Wildman–Crippen MR) is 81.5 cm³/mol. The van der Waals surface area contributed by atoms with E-state index in [9.17, 15) is 4.79 Å². The Morgan fingerprint density at radius 2 is 2.05 bits per heavy atom. The van der Waals surface area contributed by atoms with Crippen LogP contribution < -0.4 is 9.47 Å². The van der Waals surface area contributed by atoms with Crippen LogP contribution >= 0.6 is 22.9 Å². The molecule has 0 aliphatic carbocycles. The van der Waals surface area contributed by atoms with Crippen molar-refractivity contribution < 1.29 is 14.3 Å². The lowest BCUT2D eigenvalue weighted by Gasteiger charge is -2.11. The highest BCUT2D eigenvalue weighted by molar-refractivity contribution is 7.18. The van der Waals surface area contributed by atoms with Crippen LogP contribution in [0.25, 0.3) is 0 Å². The molecule has 1 aromatic heterocycles. The lowest BCUT2D eigenvalue weighted by Crippen LogP contribution is -2.10. The molecular formula is C15H15ClO3S. The van der Waals surface area contributed by atoms with Gasteiger partial charge in [0.25, 0.3) is 0 Å². The van der Waals surface area contributed by atoms with Crippen LogP contribution in [0.2, 0.25) is 4.34 Å². The van der Waals surface area contributed by atoms with Gasteiger partial charge in [-0.25, -0.2) is 0 Å². The standard InChI is InChI=1S/C15H15ClO3S/c1-3-10-4-5-12(13(8-10)18-2)19-9-11(17)14-6-7-15(16)20-14/h4-8H,3,9H2,1-2H3. The van der Waals surface area contributed by atoms with Crippen LogP contribution in [0.4, 0.5) is 0 Å². The van der Waals surface area contributed by atoms with Crippen molar-refractivity contribution in [1.29, 1.82) is 0 Å². The fourth-order valence-corrected chi connectivity index (χ4v) is 2.70. The first kappa shape index (κ1) is 14.9. The minimum Gasteiger partial charge on any atom is -0.493 e. The second kappa shape index (κ2) is 6.77. The number of aryl methyl sites for hydroxylation is 1. The Morgan fingerprint density at radius 3 is 2.65 bits per heavy atom. The molecule has 0 spiro atoms. The molecule has 0 saturated heterocycles. The first-order valence-corrected chi connectivity index (χ1v) is 7.41. The van der Waals surface area contributed by atoms with E-state index >= 15 is 0 Å². The number of Topliss-reactive ketones (excluding diaryl/α,β-unsaturated/α-hetero) is 1. The highest BCUT2D eigenvalue weighted by Crippen LogP contribution is 2.29. The van der Waals surface area contributed by atoms with Crippen molar-refractivity contribution in [3.8, 4) is 11.5 Å². The average molecular weight is 311 g/mol. The Kier molecular flexibility index (Phi) is 5.04. The molecule has 0 aliphatic rings. The number of ether oxygens (including phenoxy) is 2. The second-order valence-electron chi connectivity index (χ2n) is 4.15. The quantitative estimate of drug-likeness (QED) is 0.749. The largest absolute Gasteiger partial charge is 0.493 e. The van der Waals surface area contributed by atoms with Gasteiger partial charge in [-0.2, -0.15) is 0 Å². The fourth-order valence-electron chi connectivity index (χ4n) is 1.73. The van der Waals surface area contributed by atoms with E-state index in [1.165, 1.54) is 11.3 Å². The van der Waals surface area contributed by atoms with Gasteiger partial charge >= 0.3 is 0 Å². The molecule has 1 aromatic carbocycles. The maximum Gasteiger partial charge on any atom is 0.210 e. The van der Waals surface area contributed by atoms with E-state index in [0.717, 1.165) is 12.0 Å². The molecule has 0 atom stereocenters. The van der Waals surface area contributed by atoms with Gasteiger partial charge in [-0.15, -0.1) is 11.3 Å². The van der Waals surface area contributed by atoms with Crippen molar-refractivity contribution in [2.75, 3.05) is 13.7 Å². The number of methoxy groups -OCH3 is 1. The van der Waals surface area contributed by atoms with E-state index in [0.29, 0.717) is 20.7 Å². The van der Waals surface area contributed by atoms with Crippen molar-refractivity contribution in [2.24, 2.45) is 0 Å². The number of rotatable bonds is 6. The topological polar surface area (TPSA) is 35.5 Å². The normalized spacial score (nSPS) is 10.3. The molecule has 0 radical (unpaired) electrons. The first-order valence-electron chi connectivity index (χ1n) is 6.22. The van der Waals surface area contributed by atoms with E-state index in [4.69, 9.17) is 21.1 Å². The molecule has 5 heteroatoms. The van der Waals surface area contributed by atoms with Crippen molar-refractivity contribution in [2.45, 2.75) is 13.3 Å². The summed E-state index contributed by atoms with van der Waals surface area (Å²) in [6.45, 7) is 2.04. The molecule has 0 amide bonds. The fraction of sp³-hybridized carbons (Fsp3) is 0.267. The molecule has 1 heterocycles. The lowest BCUT2D eigenvalue weighted by atomic mass is 10.1. The highest BCUT2D eigenvalue weighted by atomic mass is 35.5. The van der Waals surface area contributed by atoms with E-state index < -0.39 is 0 Å². The zero-order chi connectivity index (χ0) is 14.5. The summed E-state index contributed by atoms with van der Waals surface area (Å²) < 4.78 is 11.4. The number of thiophene rings is 1. The second-order valence-corrected chi connectivity index (χ2v) is 5.87. The Hall–Kier alpha value is -1.52. The van der Waals surface area contributed by atoms with Gasteiger partial charge in [0.05, 0.1) is 16.3 Å². The smallest absolute Gasteiger partial charge is 0.210 e. The van der Waals surface area contributed by atoms with Gasteiger partial charge < -0.3 is 9.47 Å². The van der Waals surface area contributed by atoms with Crippen LogP contribution in [0.3, 0.4) is 0 Å². The Labute approximate surface area is 127 Å². The van der Waals surface area contributed by atoms with Crippen molar-refractivity contribution in [1.82, 2.24) is 0 Å². The van der Waals surface area contributed by atoms with Crippen molar-refractivity contribution in [3.05, 3.63) is 45.1 Å². The summed E-state index contributed by atoms with van der Waals surface area (Å²) in [6.07, 6.45) is 0.920. The molecule has 2 aromatic rings. The van der Waals surface area contributed by atoms with Crippen LogP contribution in [0, 0.1) is 0 Å². The van der Waals surface area contributed by atoms with Crippen molar-refractivity contribution in [3.63, 3.8) is 0 Å². The van der Waals surface area contributed by atoms with Gasteiger partial charge in [0.2, 0.25) is 5.78 Å². The molecular weight excluding hydrogens is 296 g/mol. The van der Waals surface area contributed by atoms with E-state index in [2.05, 4.69) is 6.92 Å². The molecule has 2 rings (SSSR count). The number of carbonyl (C=O) groups is 1. The Balaban J connectivity index is 2.05. The van der Waals surface area contributed by atoms with Gasteiger partial charge in [-0.1, -0.05) is 24.6 Å². The van der Waals surface area contributed by atoms with E-state index in [-0.39, 0.29) is 12.4 Å². The molecule has 0 aliphatic heterocycles. The third kappa shape index (κ3) is 3.52. The number of hydrogen-bond acceptors (Lipinski definition) is 4. The summed E-state index contributed by atoms with van der Waals surface area (Å²) in [7, 11) is 1.59. The number of ketones is 1. The molecule has 0 unspecified atom stereocenters. The summed E-state index contributed by atoms with van der Waals surface area (Å²) in [5.41, 5.74) is 1.16. The van der Waals surface area contributed by atoms with E-state index in [1.54, 1.807) is 19.2 Å². The van der Waals surface area contributed by atoms with Crippen LogP contribution in [-0.2, 0) is 6.42 Å². The van der Waals surface area contributed by atoms with Gasteiger partial charge in [0, 0.05) is 0 Å². The molecule has 0 fully saturated rings. The highest BCUT2D eigenvalue weighted by Gasteiger charge is 2.12. The van der Waals surface area contributed by atoms with Crippen LogP contribution in [0.5, 0.6) is 11.5 Å². The summed E-state index contributed by atoms with van der Waals surface area (Å²) in [6, 6.07) is 9.12. The van der Waals surface area contributed by atoms with Gasteiger partial charge in [-0.3, -0.25) is 4.79 Å². The minimum atomic E-state index is -0.0940. The van der Waals surface area contributed by atoms with Gasteiger partial charge in [0.1, 0.15) is 0 Å². The zero-order valence-electron chi connectivity index (χ0n) is 11.3. The van der Waals surface area contributed by atoms with Gasteiger partial charge in [0.15, 0.2) is 18.1 Å². The summed E-state index contributed by atoms with van der Waals surface area (Å²) in [5, 5.41) is 0. The first-order chi connectivity index (χ1) is 9.63. The molecule has 0 N–H and O–H groups in total. The molecule has 0 bridgehead atoms. The predicted octanol–water partition coefficient (Wildman–Crippen LogP) is 4.23. The van der Waals surface area contributed by atoms with Crippen molar-refractivity contribution >= 4 is 28.7 Å². The maximum absolute atomic E-state index is 11.9. The van der Waals surface area contributed by atoms with Crippen LogP contribution in [-0.4, -0.2) is 19.5 Å². The minimum absolute atomic E-state index is 0.0291. The third-order valence-corrected chi connectivity index (χ3v) is 4.12. The SMILES string of the molecule is CCc1ccc(OCC(=O)c2ccc(Cl)s2)c(OC)c1. The molecule has 20 heavy (non-hydrogen) atoms. The third-order valence-electron chi connectivity index (χ3n) is 2.84. The number of carbonyl (C=O) groups excluding carboxylic acids is 1. The summed E-state index contributed by atoms with van der Waals surface area (Å²) in [5.74, 6) is 1.12. The van der Waals surface area contributed by atoms with Crippen LogP contribution in [0.1, 0.15) is 22.2 Å². The van der Waals surface area contributed by atoms with E-state index in [1.807, 2.05) is 18.2 Å². The Bertz CT molecular complexity index is 607. The maximum atomic E-state index is 11.9. The monoisotopic (exact) mass is 310 g/mol. The van der Waals surface area contributed by atoms with Crippen LogP contribution in [0.15, 0.2) is 30.3 Å². The molecule has 0 saturated carbocycles. The molecule has 106 valence electrons. The molecule has 3 nitrogen and oxygen atoms in total. The lowest BCUT2D eigenvalue weighted by molar-refractivity contribution is 0.0923. The number of hydrogen-bond donors (Lipinski definition) is 0. The number of halogens is 1. The summed E-state index contributed by atoms with van der Waals surface area (Å²) in [4.78, 5) is 12.5. The van der Waals surface area contributed by atoms with Gasteiger partial charge in [-0.05, 0) is 36.2 Å². The zero-order valence-corrected chi connectivity index (χ0v) is 12.9. The average Bonchev–Trinajstić information content (AvgIpc) is 2.91. The summed E-state index contributed by atoms with van der Waals surface area (Å²) >= 11 is 7.06. The Morgan fingerprint density at radius 1 is 1.25 bits per heavy atom. The number of benzene rings is 1.